The standard InChI is InChI=1S/C17H20N4OS/c1-2-13-15-16(21(20-13)12-5-3-4-6-12)18-14(19-17(15)22)9-11-7-8-23-10-11/h7-8,10,12,20H,2-6,9H2,1H3. The van der Waals surface area contributed by atoms with Gasteiger partial charge < -0.3 is 0 Å². The Morgan fingerprint density at radius 3 is 2.87 bits per heavy atom. The van der Waals surface area contributed by atoms with Crippen molar-refractivity contribution < 1.29 is 0 Å². The van der Waals surface area contributed by atoms with Crippen molar-refractivity contribution in [1.29, 1.82) is 0 Å². The van der Waals surface area contributed by atoms with E-state index < -0.39 is 0 Å². The van der Waals surface area contributed by atoms with E-state index in [1.54, 1.807) is 11.3 Å². The van der Waals surface area contributed by atoms with E-state index in [-0.39, 0.29) is 5.56 Å². The number of fused-ring (bicyclic) bond motifs is 1. The predicted octanol–water partition coefficient (Wildman–Crippen LogP) is 3.40. The first-order chi connectivity index (χ1) is 11.3. The third-order valence-electron chi connectivity index (χ3n) is 4.67. The van der Waals surface area contributed by atoms with E-state index in [9.17, 15) is 4.79 Å². The molecule has 1 N–H and O–H groups in total. The van der Waals surface area contributed by atoms with Gasteiger partial charge in [-0.1, -0.05) is 19.8 Å². The van der Waals surface area contributed by atoms with Crippen molar-refractivity contribution in [2.24, 2.45) is 0 Å². The van der Waals surface area contributed by atoms with Gasteiger partial charge in [0.25, 0.3) is 5.56 Å². The zero-order valence-electron chi connectivity index (χ0n) is 13.2. The van der Waals surface area contributed by atoms with Crippen LogP contribution in [0.2, 0.25) is 0 Å². The topological polar surface area (TPSA) is 63.6 Å². The normalized spacial score (nSPS) is 15.7. The molecule has 0 saturated heterocycles. The van der Waals surface area contributed by atoms with Gasteiger partial charge >= 0.3 is 0 Å². The average molecular weight is 328 g/mol. The second-order valence-electron chi connectivity index (χ2n) is 6.20. The lowest BCUT2D eigenvalue weighted by Gasteiger charge is -2.13. The van der Waals surface area contributed by atoms with Gasteiger partial charge in [-0.2, -0.15) is 16.3 Å². The molecule has 5 nitrogen and oxygen atoms in total. The number of aryl methyl sites for hydroxylation is 1. The summed E-state index contributed by atoms with van der Waals surface area (Å²) in [5, 5.41) is 7.54. The largest absolute Gasteiger partial charge is 0.300 e. The van der Waals surface area contributed by atoms with E-state index >= 15 is 0 Å². The lowest BCUT2D eigenvalue weighted by Crippen LogP contribution is -2.18. The molecule has 0 radical (unpaired) electrons. The number of nitrogens with zero attached hydrogens (tertiary/aromatic N) is 3. The van der Waals surface area contributed by atoms with Crippen molar-refractivity contribution in [1.82, 2.24) is 19.7 Å². The fourth-order valence-electron chi connectivity index (χ4n) is 3.50. The van der Waals surface area contributed by atoms with E-state index in [0.717, 1.165) is 36.3 Å². The highest BCUT2D eigenvalue weighted by molar-refractivity contribution is 7.07. The minimum absolute atomic E-state index is 0.148. The Morgan fingerprint density at radius 1 is 1.35 bits per heavy atom. The van der Waals surface area contributed by atoms with Gasteiger partial charge in [0.2, 0.25) is 0 Å². The lowest BCUT2D eigenvalue weighted by atomic mass is 10.1. The Labute approximate surface area is 138 Å². The minimum atomic E-state index is -0.148. The summed E-state index contributed by atoms with van der Waals surface area (Å²) in [6, 6.07) is 2.49. The molecule has 0 unspecified atom stereocenters. The SMILES string of the molecule is CCc1[nH]n(C2CCCC2)c2nc(Cc3ccsc3)nc(=O)c1-2. The summed E-state index contributed by atoms with van der Waals surface area (Å²) in [5.74, 6) is 1.41. The van der Waals surface area contributed by atoms with Crippen LogP contribution in [0, 0.1) is 0 Å². The van der Waals surface area contributed by atoms with Crippen molar-refractivity contribution in [3.63, 3.8) is 0 Å². The monoisotopic (exact) mass is 328 g/mol. The summed E-state index contributed by atoms with van der Waals surface area (Å²) < 4.78 is 2.13. The molecular formula is C17H20N4OS. The fourth-order valence-corrected chi connectivity index (χ4v) is 4.17. The third kappa shape index (κ3) is 2.61. The first-order valence-electron chi connectivity index (χ1n) is 8.27. The van der Waals surface area contributed by atoms with Crippen LogP contribution in [-0.4, -0.2) is 19.7 Å². The smallest absolute Gasteiger partial charge is 0.284 e. The Kier molecular flexibility index (Phi) is 3.77. The van der Waals surface area contributed by atoms with Crippen LogP contribution in [0.1, 0.15) is 55.7 Å². The molecule has 0 aromatic carbocycles. The number of rotatable bonds is 4. The maximum absolute atomic E-state index is 12.6. The molecule has 1 aromatic rings. The zero-order valence-corrected chi connectivity index (χ0v) is 14.0. The highest BCUT2D eigenvalue weighted by atomic mass is 32.1. The first kappa shape index (κ1) is 14.6. The maximum Gasteiger partial charge on any atom is 0.284 e. The molecule has 1 aliphatic carbocycles. The van der Waals surface area contributed by atoms with Gasteiger partial charge in [-0.15, -0.1) is 0 Å². The maximum atomic E-state index is 12.6. The summed E-state index contributed by atoms with van der Waals surface area (Å²) in [6.45, 7) is 2.06. The number of nitrogens with one attached hydrogen (secondary N) is 1. The molecule has 0 spiro atoms. The van der Waals surface area contributed by atoms with Gasteiger partial charge in [-0.05, 0) is 41.7 Å². The molecule has 3 heterocycles. The molecule has 2 aliphatic heterocycles. The molecule has 0 amide bonds. The van der Waals surface area contributed by atoms with Crippen LogP contribution < -0.4 is 5.56 Å². The Hall–Kier alpha value is -1.95. The summed E-state index contributed by atoms with van der Waals surface area (Å²) in [5.41, 5.74) is 2.64. The number of aromatic amines is 1. The van der Waals surface area contributed by atoms with Crippen molar-refractivity contribution >= 4 is 11.3 Å². The van der Waals surface area contributed by atoms with Crippen molar-refractivity contribution in [2.75, 3.05) is 0 Å². The molecule has 6 heteroatoms. The second kappa shape index (κ2) is 5.92. The van der Waals surface area contributed by atoms with Crippen molar-refractivity contribution in [3.8, 4) is 11.4 Å². The molecule has 1 saturated carbocycles. The van der Waals surface area contributed by atoms with Crippen LogP contribution in [0.5, 0.6) is 0 Å². The van der Waals surface area contributed by atoms with E-state index in [0.29, 0.717) is 23.9 Å². The lowest BCUT2D eigenvalue weighted by molar-refractivity contribution is 0.464. The van der Waals surface area contributed by atoms with E-state index in [4.69, 9.17) is 4.98 Å². The van der Waals surface area contributed by atoms with Crippen molar-refractivity contribution in [2.45, 2.75) is 51.5 Å². The van der Waals surface area contributed by atoms with Crippen molar-refractivity contribution in [3.05, 3.63) is 44.3 Å². The van der Waals surface area contributed by atoms with Crippen LogP contribution >= 0.6 is 11.3 Å². The van der Waals surface area contributed by atoms with Crippen LogP contribution in [0.4, 0.5) is 0 Å². The molecule has 0 atom stereocenters. The second-order valence-corrected chi connectivity index (χ2v) is 6.98. The van der Waals surface area contributed by atoms with Gasteiger partial charge in [0.1, 0.15) is 11.4 Å². The fraction of sp³-hybridized carbons (Fsp3) is 0.471. The van der Waals surface area contributed by atoms with Gasteiger partial charge in [-0.3, -0.25) is 14.6 Å². The third-order valence-corrected chi connectivity index (χ3v) is 5.41. The average Bonchev–Trinajstić information content (AvgIpc) is 3.27. The Balaban J connectivity index is 1.82. The molecule has 0 bridgehead atoms. The molecule has 23 heavy (non-hydrogen) atoms. The summed E-state index contributed by atoms with van der Waals surface area (Å²) in [6.07, 6.45) is 6.21. The first-order valence-corrected chi connectivity index (χ1v) is 9.21. The van der Waals surface area contributed by atoms with Crippen LogP contribution in [-0.2, 0) is 12.8 Å². The number of hydrogen-bond donors (Lipinski definition) is 1. The van der Waals surface area contributed by atoms with E-state index in [1.165, 1.54) is 12.8 Å². The quantitative estimate of drug-likeness (QED) is 0.798. The summed E-state index contributed by atoms with van der Waals surface area (Å²) in [4.78, 5) is 21.5. The summed E-state index contributed by atoms with van der Waals surface area (Å²) in [7, 11) is 0. The highest BCUT2D eigenvalue weighted by Gasteiger charge is 2.27. The van der Waals surface area contributed by atoms with Gasteiger partial charge in [-0.25, -0.2) is 4.98 Å². The molecule has 3 aliphatic rings. The number of hydrogen-bond acceptors (Lipinski definition) is 4. The Bertz CT molecular complexity index is 827. The highest BCUT2D eigenvalue weighted by Crippen LogP contribution is 2.33. The minimum Gasteiger partial charge on any atom is -0.300 e. The van der Waals surface area contributed by atoms with Gasteiger partial charge in [0, 0.05) is 12.1 Å². The van der Waals surface area contributed by atoms with Gasteiger partial charge in [0.15, 0.2) is 5.82 Å². The van der Waals surface area contributed by atoms with E-state index in [1.807, 2.05) is 5.38 Å². The molecule has 1 aromatic heterocycles. The zero-order chi connectivity index (χ0) is 15.8. The van der Waals surface area contributed by atoms with Crippen LogP contribution in [0.15, 0.2) is 21.6 Å². The van der Waals surface area contributed by atoms with Crippen LogP contribution in [0.25, 0.3) is 11.4 Å². The predicted molar refractivity (Wildman–Crippen MR) is 91.3 cm³/mol. The molecule has 1 fully saturated rings. The van der Waals surface area contributed by atoms with E-state index in [2.05, 4.69) is 33.1 Å². The number of aromatic nitrogens is 4. The van der Waals surface area contributed by atoms with Gasteiger partial charge in [0.05, 0.1) is 6.04 Å². The Morgan fingerprint density at radius 2 is 2.17 bits per heavy atom. The molecule has 120 valence electrons. The number of H-pyrrole nitrogens is 1. The van der Waals surface area contributed by atoms with Crippen LogP contribution in [0.3, 0.4) is 0 Å². The molecular weight excluding hydrogens is 308 g/mol. The molecule has 4 rings (SSSR count). The number of thiophene rings is 1. The summed E-state index contributed by atoms with van der Waals surface area (Å²) >= 11 is 1.65.